The minimum atomic E-state index is -0.776. The van der Waals surface area contributed by atoms with Crippen LogP contribution in [0, 0.1) is 5.82 Å². The Labute approximate surface area is 127 Å². The van der Waals surface area contributed by atoms with Crippen molar-refractivity contribution in [2.45, 2.75) is 19.8 Å². The first kappa shape index (κ1) is 15.0. The van der Waals surface area contributed by atoms with E-state index in [-0.39, 0.29) is 22.3 Å². The van der Waals surface area contributed by atoms with Gasteiger partial charge in [0.1, 0.15) is 11.0 Å². The minimum Gasteiger partial charge on any atom is -0.297 e. The minimum absolute atomic E-state index is 0.0124. The lowest BCUT2D eigenvalue weighted by Gasteiger charge is -2.12. The van der Waals surface area contributed by atoms with Gasteiger partial charge in [-0.3, -0.25) is 9.78 Å². The van der Waals surface area contributed by atoms with E-state index in [1.807, 2.05) is 0 Å². The smallest absolute Gasteiger partial charge is 0.297 e. The van der Waals surface area contributed by atoms with Gasteiger partial charge in [0.15, 0.2) is 0 Å². The number of rotatable bonds is 2. The normalized spacial score (nSPS) is 11.1. The molecule has 0 spiro atoms. The average Bonchev–Trinajstić information content (AvgIpc) is 2.32. The summed E-state index contributed by atoms with van der Waals surface area (Å²) >= 11 is 9.07. The maximum absolute atomic E-state index is 13.9. The molecule has 0 amide bonds. The number of halogens is 3. The maximum atomic E-state index is 13.9. The Morgan fingerprint density at radius 2 is 2.00 bits per heavy atom. The van der Waals surface area contributed by atoms with Gasteiger partial charge in [0.25, 0.3) is 5.56 Å². The number of aromatic nitrogens is 2. The van der Waals surface area contributed by atoms with Crippen LogP contribution >= 0.6 is 27.5 Å². The Kier molecular flexibility index (Phi) is 4.15. The van der Waals surface area contributed by atoms with Gasteiger partial charge in [-0.25, -0.2) is 13.8 Å². The summed E-state index contributed by atoms with van der Waals surface area (Å²) in [6, 6.07) is 4.02. The van der Waals surface area contributed by atoms with E-state index in [1.165, 1.54) is 18.2 Å². The van der Waals surface area contributed by atoms with Crippen LogP contribution in [0.1, 0.15) is 25.3 Å². The zero-order valence-corrected chi connectivity index (χ0v) is 13.0. The lowest BCUT2D eigenvalue weighted by Crippen LogP contribution is -2.37. The topological polar surface area (TPSA) is 54.9 Å². The molecule has 0 fully saturated rings. The number of H-pyrrole nitrogens is 1. The molecule has 0 atom stereocenters. The van der Waals surface area contributed by atoms with Crippen LogP contribution in [0.25, 0.3) is 5.69 Å². The van der Waals surface area contributed by atoms with Gasteiger partial charge in [-0.2, -0.15) is 0 Å². The average molecular weight is 362 g/mol. The van der Waals surface area contributed by atoms with Crippen molar-refractivity contribution < 1.29 is 4.39 Å². The van der Waals surface area contributed by atoms with Crippen molar-refractivity contribution in [2.75, 3.05) is 0 Å². The largest absolute Gasteiger partial charge is 0.334 e. The molecule has 0 aliphatic rings. The van der Waals surface area contributed by atoms with Gasteiger partial charge in [0.2, 0.25) is 0 Å². The molecule has 0 saturated heterocycles. The summed E-state index contributed by atoms with van der Waals surface area (Å²) in [6.07, 6.45) is 0. The predicted octanol–water partition coefficient (Wildman–Crippen LogP) is 3.20. The summed E-state index contributed by atoms with van der Waals surface area (Å²) in [5.41, 5.74) is -1.28. The molecule has 0 radical (unpaired) electrons. The second-order valence-corrected chi connectivity index (χ2v) is 5.84. The molecule has 0 bridgehead atoms. The van der Waals surface area contributed by atoms with Crippen LogP contribution in [0.15, 0.2) is 32.3 Å². The molecule has 20 heavy (non-hydrogen) atoms. The van der Waals surface area contributed by atoms with Crippen LogP contribution in [0.4, 0.5) is 4.39 Å². The summed E-state index contributed by atoms with van der Waals surface area (Å²) in [6.45, 7) is 3.53. The van der Waals surface area contributed by atoms with Gasteiger partial charge >= 0.3 is 5.69 Å². The Morgan fingerprint density at radius 1 is 1.35 bits per heavy atom. The molecule has 0 aliphatic carbocycles. The highest BCUT2D eigenvalue weighted by atomic mass is 79.9. The number of aromatic amines is 1. The molecule has 2 aromatic rings. The number of nitrogens with one attached hydrogen (secondary N) is 1. The maximum Gasteiger partial charge on any atom is 0.334 e. The SMILES string of the molecule is CC(C)c1c(Cl)[nH]c(=O)n(-c2cc(Br)ccc2F)c1=O. The third-order valence-electron chi connectivity index (χ3n) is 2.82. The molecule has 1 N–H and O–H groups in total. The van der Waals surface area contributed by atoms with Gasteiger partial charge in [-0.1, -0.05) is 41.4 Å². The van der Waals surface area contributed by atoms with Gasteiger partial charge in [0, 0.05) is 4.47 Å². The molecule has 0 aliphatic heterocycles. The lowest BCUT2D eigenvalue weighted by atomic mass is 10.1. The highest BCUT2D eigenvalue weighted by Crippen LogP contribution is 2.20. The molecule has 2 rings (SSSR count). The van der Waals surface area contributed by atoms with Gasteiger partial charge in [-0.05, 0) is 24.1 Å². The van der Waals surface area contributed by atoms with Crippen LogP contribution < -0.4 is 11.2 Å². The van der Waals surface area contributed by atoms with Crippen LogP contribution in [-0.2, 0) is 0 Å². The molecule has 4 nitrogen and oxygen atoms in total. The van der Waals surface area contributed by atoms with Crippen molar-refractivity contribution in [3.63, 3.8) is 0 Å². The van der Waals surface area contributed by atoms with E-state index in [0.717, 1.165) is 4.57 Å². The zero-order valence-electron chi connectivity index (χ0n) is 10.7. The quantitative estimate of drug-likeness (QED) is 0.835. The van der Waals surface area contributed by atoms with Crippen molar-refractivity contribution in [1.29, 1.82) is 0 Å². The van der Waals surface area contributed by atoms with Gasteiger partial charge < -0.3 is 0 Å². The van der Waals surface area contributed by atoms with Crippen molar-refractivity contribution in [3.8, 4) is 5.69 Å². The Bertz CT molecular complexity index is 783. The number of hydrogen-bond acceptors (Lipinski definition) is 2. The first-order valence-electron chi connectivity index (χ1n) is 5.83. The van der Waals surface area contributed by atoms with Gasteiger partial charge in [0.05, 0.1) is 11.3 Å². The third kappa shape index (κ3) is 2.58. The first-order valence-corrected chi connectivity index (χ1v) is 7.00. The number of hydrogen-bond donors (Lipinski definition) is 1. The van der Waals surface area contributed by atoms with E-state index in [2.05, 4.69) is 20.9 Å². The Morgan fingerprint density at radius 3 is 2.60 bits per heavy atom. The summed E-state index contributed by atoms with van der Waals surface area (Å²) in [7, 11) is 0. The van der Waals surface area contributed by atoms with Crippen LogP contribution in [0.2, 0.25) is 5.15 Å². The molecule has 1 heterocycles. The van der Waals surface area contributed by atoms with Crippen molar-refractivity contribution in [2.24, 2.45) is 0 Å². The fourth-order valence-corrected chi connectivity index (χ4v) is 2.63. The molecular weight excluding hydrogens is 351 g/mol. The molecule has 0 saturated carbocycles. The van der Waals surface area contributed by atoms with Crippen LogP contribution in [0.5, 0.6) is 0 Å². The zero-order chi connectivity index (χ0) is 15.0. The summed E-state index contributed by atoms with van der Waals surface area (Å²) in [5, 5.41) is -0.0124. The molecule has 7 heteroatoms. The van der Waals surface area contributed by atoms with E-state index in [9.17, 15) is 14.0 Å². The van der Waals surface area contributed by atoms with E-state index in [4.69, 9.17) is 11.6 Å². The monoisotopic (exact) mass is 360 g/mol. The number of benzene rings is 1. The third-order valence-corrected chi connectivity index (χ3v) is 3.61. The van der Waals surface area contributed by atoms with E-state index < -0.39 is 17.1 Å². The van der Waals surface area contributed by atoms with E-state index in [1.54, 1.807) is 13.8 Å². The fraction of sp³-hybridized carbons (Fsp3) is 0.231. The van der Waals surface area contributed by atoms with E-state index in [0.29, 0.717) is 4.47 Å². The first-order chi connectivity index (χ1) is 9.32. The second kappa shape index (κ2) is 5.54. The Hall–Kier alpha value is -1.40. The highest BCUT2D eigenvalue weighted by molar-refractivity contribution is 9.10. The molecular formula is C13H11BrClFN2O2. The summed E-state index contributed by atoms with van der Waals surface area (Å²) < 4.78 is 15.2. The van der Waals surface area contributed by atoms with Gasteiger partial charge in [-0.15, -0.1) is 0 Å². The summed E-state index contributed by atoms with van der Waals surface area (Å²) in [5.74, 6) is -0.869. The van der Waals surface area contributed by atoms with Crippen molar-refractivity contribution in [3.05, 3.63) is 60.0 Å². The van der Waals surface area contributed by atoms with Crippen molar-refractivity contribution in [1.82, 2.24) is 9.55 Å². The summed E-state index contributed by atoms with van der Waals surface area (Å²) in [4.78, 5) is 26.7. The fourth-order valence-electron chi connectivity index (χ4n) is 1.90. The standard InChI is InChI=1S/C13H11BrClFN2O2/c1-6(2)10-11(15)17-13(20)18(12(10)19)9-5-7(14)3-4-8(9)16/h3-6H,1-2H3,(H,17,20). The molecule has 1 aromatic carbocycles. The van der Waals surface area contributed by atoms with Crippen LogP contribution in [-0.4, -0.2) is 9.55 Å². The number of nitrogens with zero attached hydrogens (tertiary/aromatic N) is 1. The Balaban J connectivity index is 2.88. The lowest BCUT2D eigenvalue weighted by molar-refractivity contribution is 0.610. The molecule has 1 aromatic heterocycles. The van der Waals surface area contributed by atoms with E-state index >= 15 is 0 Å². The highest BCUT2D eigenvalue weighted by Gasteiger charge is 2.18. The molecule has 0 unspecified atom stereocenters. The van der Waals surface area contributed by atoms with Crippen molar-refractivity contribution >= 4 is 27.5 Å². The predicted molar refractivity (Wildman–Crippen MR) is 79.4 cm³/mol. The second-order valence-electron chi connectivity index (χ2n) is 4.55. The van der Waals surface area contributed by atoms with Crippen LogP contribution in [0.3, 0.4) is 0 Å². The molecule has 106 valence electrons.